The number of hydrogen-bond donors (Lipinski definition) is 2. The molecule has 1 aromatic carbocycles. The van der Waals surface area contributed by atoms with E-state index < -0.39 is 0 Å². The van der Waals surface area contributed by atoms with Crippen LogP contribution in [0.1, 0.15) is 61.1 Å². The molecule has 0 spiro atoms. The van der Waals surface area contributed by atoms with Crippen molar-refractivity contribution in [3.63, 3.8) is 0 Å². The first-order chi connectivity index (χ1) is 17.1. The zero-order chi connectivity index (χ0) is 25.8. The molecule has 0 bridgehead atoms. The maximum atomic E-state index is 13.3. The number of fused-ring (bicyclic) bond motifs is 1. The number of benzene rings is 1. The first kappa shape index (κ1) is 27.3. The van der Waals surface area contributed by atoms with Crippen molar-refractivity contribution >= 4 is 23.6 Å². The largest absolute Gasteiger partial charge is 0.392 e. The third-order valence-corrected chi connectivity index (χ3v) is 5.10. The molecule has 0 fully saturated rings. The van der Waals surface area contributed by atoms with E-state index in [2.05, 4.69) is 20.4 Å². The lowest BCUT2D eigenvalue weighted by atomic mass is 10.0. The smallest absolute Gasteiger partial charge is 0.254 e. The summed E-state index contributed by atoms with van der Waals surface area (Å²) in [5, 5.41) is 17.5. The van der Waals surface area contributed by atoms with Crippen molar-refractivity contribution in [2.24, 2.45) is 0 Å². The quantitative estimate of drug-likeness (QED) is 0.402. The number of aliphatic hydroxyl groups excluding tert-OH is 1. The molecular weight excluding hydrogens is 449 g/mol. The molecule has 0 radical (unpaired) electrons. The van der Waals surface area contributed by atoms with E-state index in [1.807, 2.05) is 33.6 Å². The summed E-state index contributed by atoms with van der Waals surface area (Å²) in [7, 11) is 0. The van der Waals surface area contributed by atoms with E-state index in [-0.39, 0.29) is 24.4 Å². The maximum absolute atomic E-state index is 13.3. The minimum Gasteiger partial charge on any atom is -0.392 e. The predicted octanol–water partition coefficient (Wildman–Crippen LogP) is 4.56. The predicted molar refractivity (Wildman–Crippen MR) is 133 cm³/mol. The number of aromatic nitrogens is 4. The molecule has 0 aliphatic rings. The van der Waals surface area contributed by atoms with Crippen molar-refractivity contribution in [3.05, 3.63) is 83.8 Å². The maximum Gasteiger partial charge on any atom is 0.254 e. The molecule has 1 unspecified atom stereocenters. The van der Waals surface area contributed by atoms with Gasteiger partial charge in [0.25, 0.3) is 5.91 Å². The van der Waals surface area contributed by atoms with Crippen LogP contribution in [0.25, 0.3) is 16.6 Å². The van der Waals surface area contributed by atoms with Crippen molar-refractivity contribution in [3.8, 4) is 5.69 Å². The standard InChI is InChI=1S/C23H22FN5O2.C2H6.CH2O/c1-2-3-21(16-8-15(14-30)9-25-10-16)28-23(31)20-11-26-13-22-19(20)12-27-29(22)18-6-4-17(24)5-7-18;2*1-2/h4-13,21,30H,2-3,14H2,1H3,(H,28,31);1-2H3;1H2. The Kier molecular flexibility index (Phi) is 10.6. The van der Waals surface area contributed by atoms with Crippen LogP contribution >= 0.6 is 0 Å². The highest BCUT2D eigenvalue weighted by atomic mass is 19.1. The van der Waals surface area contributed by atoms with Crippen molar-refractivity contribution in [2.45, 2.75) is 46.3 Å². The van der Waals surface area contributed by atoms with Crippen LogP contribution in [0.5, 0.6) is 0 Å². The van der Waals surface area contributed by atoms with Gasteiger partial charge in [-0.15, -0.1) is 0 Å². The lowest BCUT2D eigenvalue weighted by Crippen LogP contribution is -2.29. The highest BCUT2D eigenvalue weighted by Crippen LogP contribution is 2.24. The third-order valence-electron chi connectivity index (χ3n) is 5.10. The minimum absolute atomic E-state index is 0.112. The van der Waals surface area contributed by atoms with Crippen LogP contribution in [-0.2, 0) is 11.4 Å². The Morgan fingerprint density at radius 1 is 1.09 bits per heavy atom. The summed E-state index contributed by atoms with van der Waals surface area (Å²) in [5.74, 6) is -0.607. The Labute approximate surface area is 203 Å². The normalized spacial score (nSPS) is 11.0. The van der Waals surface area contributed by atoms with Crippen LogP contribution in [-0.4, -0.2) is 37.6 Å². The van der Waals surface area contributed by atoms with E-state index in [1.165, 1.54) is 18.3 Å². The van der Waals surface area contributed by atoms with Crippen molar-refractivity contribution in [1.82, 2.24) is 25.1 Å². The second-order valence-electron chi connectivity index (χ2n) is 7.25. The van der Waals surface area contributed by atoms with Gasteiger partial charge in [-0.2, -0.15) is 5.10 Å². The molecule has 2 N–H and O–H groups in total. The lowest BCUT2D eigenvalue weighted by Gasteiger charge is -2.19. The number of amides is 1. The number of nitrogens with one attached hydrogen (secondary N) is 1. The SMILES string of the molecule is C=O.CC.CCCC(NC(=O)c1cncc2c1cnn2-c1ccc(F)cc1)c1cncc(CO)c1. The summed E-state index contributed by atoms with van der Waals surface area (Å²) in [5.41, 5.74) is 3.25. The number of carbonyl (C=O) groups is 2. The van der Waals surface area contributed by atoms with E-state index in [0.29, 0.717) is 27.7 Å². The van der Waals surface area contributed by atoms with Gasteiger partial charge in [-0.05, 0) is 47.9 Å². The minimum atomic E-state index is -0.333. The van der Waals surface area contributed by atoms with E-state index in [9.17, 15) is 14.3 Å². The van der Waals surface area contributed by atoms with Crippen LogP contribution in [0, 0.1) is 5.82 Å². The van der Waals surface area contributed by atoms with Gasteiger partial charge in [0.15, 0.2) is 0 Å². The molecule has 3 aromatic heterocycles. The van der Waals surface area contributed by atoms with Crippen LogP contribution in [0.15, 0.2) is 61.3 Å². The Morgan fingerprint density at radius 2 is 1.77 bits per heavy atom. The Hall–Kier alpha value is -3.98. The Balaban J connectivity index is 0.00000103. The highest BCUT2D eigenvalue weighted by molar-refractivity contribution is 6.06. The summed E-state index contributed by atoms with van der Waals surface area (Å²) in [6.45, 7) is 7.93. The molecule has 4 rings (SSSR count). The first-order valence-electron chi connectivity index (χ1n) is 11.3. The van der Waals surface area contributed by atoms with Gasteiger partial charge in [-0.1, -0.05) is 27.2 Å². The number of aliphatic hydroxyl groups is 1. The second kappa shape index (κ2) is 13.7. The fraction of sp³-hybridized carbons (Fsp3) is 0.269. The summed E-state index contributed by atoms with van der Waals surface area (Å²) in [6.07, 6.45) is 9.63. The van der Waals surface area contributed by atoms with Gasteiger partial charge in [-0.3, -0.25) is 14.8 Å². The van der Waals surface area contributed by atoms with Gasteiger partial charge < -0.3 is 15.2 Å². The van der Waals surface area contributed by atoms with Gasteiger partial charge in [0.05, 0.1) is 41.8 Å². The fourth-order valence-corrected chi connectivity index (χ4v) is 3.54. The first-order valence-corrected chi connectivity index (χ1v) is 11.3. The molecular formula is C26H30FN5O3. The number of pyridine rings is 2. The van der Waals surface area contributed by atoms with E-state index in [1.54, 1.807) is 41.6 Å². The van der Waals surface area contributed by atoms with E-state index >= 15 is 0 Å². The van der Waals surface area contributed by atoms with Crippen molar-refractivity contribution in [2.75, 3.05) is 0 Å². The molecule has 1 amide bonds. The molecule has 0 saturated carbocycles. The molecule has 1 atom stereocenters. The average molecular weight is 480 g/mol. The molecule has 4 aromatic rings. The fourth-order valence-electron chi connectivity index (χ4n) is 3.54. The van der Waals surface area contributed by atoms with Gasteiger partial charge in [0, 0.05) is 24.0 Å². The molecule has 0 aliphatic carbocycles. The van der Waals surface area contributed by atoms with Gasteiger partial charge >= 0.3 is 0 Å². The van der Waals surface area contributed by atoms with Gasteiger partial charge in [0.2, 0.25) is 0 Å². The Bertz CT molecular complexity index is 1230. The average Bonchev–Trinajstić information content (AvgIpc) is 3.35. The van der Waals surface area contributed by atoms with Crippen LogP contribution in [0.3, 0.4) is 0 Å². The third kappa shape index (κ3) is 6.54. The summed E-state index contributed by atoms with van der Waals surface area (Å²) >= 11 is 0. The highest BCUT2D eigenvalue weighted by Gasteiger charge is 2.19. The summed E-state index contributed by atoms with van der Waals surface area (Å²) in [4.78, 5) is 29.5. The molecule has 0 saturated heterocycles. The van der Waals surface area contributed by atoms with E-state index in [0.717, 1.165) is 18.4 Å². The van der Waals surface area contributed by atoms with E-state index in [4.69, 9.17) is 4.79 Å². The van der Waals surface area contributed by atoms with Gasteiger partial charge in [-0.25, -0.2) is 9.07 Å². The Morgan fingerprint density at radius 3 is 2.43 bits per heavy atom. The number of rotatable bonds is 7. The molecule has 8 nitrogen and oxygen atoms in total. The second-order valence-corrected chi connectivity index (χ2v) is 7.25. The zero-order valence-corrected chi connectivity index (χ0v) is 20.1. The summed E-state index contributed by atoms with van der Waals surface area (Å²) in [6, 6.07) is 7.55. The molecule has 184 valence electrons. The van der Waals surface area contributed by atoms with Crippen molar-refractivity contribution < 1.29 is 19.1 Å². The molecule has 0 aliphatic heterocycles. The van der Waals surface area contributed by atoms with Crippen molar-refractivity contribution in [1.29, 1.82) is 0 Å². The number of nitrogens with zero attached hydrogens (tertiary/aromatic N) is 4. The van der Waals surface area contributed by atoms with Crippen LogP contribution in [0.2, 0.25) is 0 Å². The van der Waals surface area contributed by atoms with Crippen LogP contribution in [0.4, 0.5) is 4.39 Å². The summed E-state index contributed by atoms with van der Waals surface area (Å²) < 4.78 is 14.9. The number of carbonyl (C=O) groups excluding carboxylic acids is 2. The van der Waals surface area contributed by atoms with Gasteiger partial charge in [0.1, 0.15) is 12.6 Å². The number of halogens is 1. The lowest BCUT2D eigenvalue weighted by molar-refractivity contribution is -0.0980. The topological polar surface area (TPSA) is 110 Å². The monoisotopic (exact) mass is 479 g/mol. The molecule has 35 heavy (non-hydrogen) atoms. The van der Waals surface area contributed by atoms with Crippen LogP contribution < -0.4 is 5.32 Å². The molecule has 3 heterocycles. The molecule has 9 heteroatoms. The zero-order valence-electron chi connectivity index (χ0n) is 20.1. The number of hydrogen-bond acceptors (Lipinski definition) is 6.